The molecule has 0 fully saturated rings. The Kier molecular flexibility index (Phi) is 59.2. The molecule has 0 heterocycles. The summed E-state index contributed by atoms with van der Waals surface area (Å²) in [5, 5.41) is 0. The minimum absolute atomic E-state index is 0. The first kappa shape index (κ1) is 16.2. The van der Waals surface area contributed by atoms with Crippen molar-refractivity contribution in [2.24, 2.45) is 0 Å². The minimum Gasteiger partial charge on any atom is 0.316 e. The van der Waals surface area contributed by atoms with Crippen molar-refractivity contribution in [3.8, 4) is 0 Å². The molecular weight excluding hydrogens is 67.3 g/mol. The van der Waals surface area contributed by atoms with Gasteiger partial charge in [0, 0.05) is 0 Å². The second-order valence-electron chi connectivity index (χ2n) is 0.577. The van der Waals surface area contributed by atoms with Crippen LogP contribution >= 0.6 is 0 Å². The van der Waals surface area contributed by atoms with Crippen LogP contribution in [0.4, 0.5) is 0 Å². The van der Waals surface area contributed by atoms with Gasteiger partial charge in [0.1, 0.15) is 0 Å². The summed E-state index contributed by atoms with van der Waals surface area (Å²) in [7, 11) is 0. The molecule has 0 N–H and O–H groups in total. The van der Waals surface area contributed by atoms with E-state index in [4.69, 9.17) is 0 Å². The summed E-state index contributed by atoms with van der Waals surface area (Å²) in [6.45, 7) is 4.00. The molecule has 0 saturated heterocycles. The van der Waals surface area contributed by atoms with E-state index in [1.165, 1.54) is 0 Å². The molecule has 0 aromatic rings. The molecule has 0 aliphatic heterocycles. The molecule has 2 heteroatoms. The summed E-state index contributed by atoms with van der Waals surface area (Å²) in [5.74, 6) is 0. The van der Waals surface area contributed by atoms with E-state index in [2.05, 4.69) is 0 Å². The molecule has 5 heavy (non-hydrogen) atoms. The van der Waals surface area contributed by atoms with Gasteiger partial charge in [-0.3, -0.25) is 0 Å². The molecule has 0 nitrogen and oxygen atoms in total. The van der Waals surface area contributed by atoms with Crippen LogP contribution in [0.3, 0.4) is 0 Å². The van der Waals surface area contributed by atoms with Crippen LogP contribution in [0.2, 0.25) is 0 Å². The van der Waals surface area contributed by atoms with Crippen molar-refractivity contribution in [2.45, 2.75) is 13.8 Å². The van der Waals surface area contributed by atoms with Crippen LogP contribution in [0.15, 0.2) is 0 Å². The zero-order chi connectivity index (χ0) is 2.71. The van der Waals surface area contributed by atoms with Crippen molar-refractivity contribution in [3.05, 3.63) is 6.42 Å². The van der Waals surface area contributed by atoms with Crippen LogP contribution < -0.4 is 0 Å². The molecular formula is C3H10LiMg. The number of hydrogen-bond acceptors (Lipinski definition) is 0. The van der Waals surface area contributed by atoms with Crippen molar-refractivity contribution >= 4 is 41.9 Å². The third-order valence-electron chi connectivity index (χ3n) is 0. The van der Waals surface area contributed by atoms with E-state index in [-0.39, 0.29) is 41.9 Å². The van der Waals surface area contributed by atoms with Crippen molar-refractivity contribution < 1.29 is 0 Å². The van der Waals surface area contributed by atoms with Crippen LogP contribution in [0.5, 0.6) is 0 Å². The summed E-state index contributed by atoms with van der Waals surface area (Å²) in [6.07, 6.45) is 2.00. The van der Waals surface area contributed by atoms with E-state index < -0.39 is 0 Å². The Labute approximate surface area is 62.0 Å². The first-order valence-corrected chi connectivity index (χ1v) is 1.15. The second-order valence-corrected chi connectivity index (χ2v) is 0.577. The Balaban J connectivity index is -0.0000000200. The molecule has 0 amide bonds. The molecule has 0 unspecified atom stereocenters. The van der Waals surface area contributed by atoms with E-state index >= 15 is 0 Å². The molecule has 0 aliphatic rings. The van der Waals surface area contributed by atoms with E-state index in [1.54, 1.807) is 0 Å². The maximum Gasteiger partial charge on any atom is 0.316 e. The summed E-state index contributed by atoms with van der Waals surface area (Å²) in [5.41, 5.74) is 0. The Morgan fingerprint density at radius 2 is 1.20 bits per heavy atom. The fourth-order valence-corrected chi connectivity index (χ4v) is 0. The Hall–Kier alpha value is 1.36. The second kappa shape index (κ2) is 18.3. The topological polar surface area (TPSA) is 0 Å². The normalized spacial score (nSPS) is 3.60. The maximum absolute atomic E-state index is 2.00. The van der Waals surface area contributed by atoms with Crippen LogP contribution in [0, 0.1) is 6.42 Å². The standard InChI is InChI=1S/C3H7.Li.Mg.3H/c1-3-2;;;;;/h3H,1-2H3;;;;;. The average molecular weight is 77.4 g/mol. The smallest absolute Gasteiger partial charge is 0.316 e. The van der Waals surface area contributed by atoms with Crippen molar-refractivity contribution in [1.82, 2.24) is 0 Å². The average Bonchev–Trinajstić information content (AvgIpc) is 0.918. The summed E-state index contributed by atoms with van der Waals surface area (Å²) < 4.78 is 0. The van der Waals surface area contributed by atoms with E-state index in [0.29, 0.717) is 0 Å². The number of hydrogen-bond donors (Lipinski definition) is 0. The molecule has 0 atom stereocenters. The Bertz CT molecular complexity index is 6.85. The van der Waals surface area contributed by atoms with Gasteiger partial charge in [0.05, 0.1) is 0 Å². The zero-order valence-corrected chi connectivity index (χ0v) is 2.58. The SMILES string of the molecule is C[CH]C.[LiH].[MgH2]. The molecule has 0 saturated carbocycles. The fraction of sp³-hybridized carbons (Fsp3) is 0.667. The third-order valence-corrected chi connectivity index (χ3v) is 0. The van der Waals surface area contributed by atoms with Gasteiger partial charge in [-0.2, -0.15) is 0 Å². The largest absolute Gasteiger partial charge is 0.316 e. The molecule has 1 radical (unpaired) electrons. The molecule has 0 aliphatic carbocycles. The van der Waals surface area contributed by atoms with E-state index in [0.717, 1.165) is 0 Å². The Morgan fingerprint density at radius 1 is 1.20 bits per heavy atom. The maximum atomic E-state index is 2.00. The van der Waals surface area contributed by atoms with Gasteiger partial charge in [0.25, 0.3) is 0 Å². The van der Waals surface area contributed by atoms with E-state index in [9.17, 15) is 0 Å². The molecule has 25 valence electrons. The van der Waals surface area contributed by atoms with Crippen LogP contribution in [-0.2, 0) is 0 Å². The molecule has 0 aromatic heterocycles. The predicted molar refractivity (Wildman–Crippen MR) is 31.3 cm³/mol. The van der Waals surface area contributed by atoms with Gasteiger partial charge >= 0.3 is 41.9 Å². The van der Waals surface area contributed by atoms with Gasteiger partial charge < -0.3 is 0 Å². The summed E-state index contributed by atoms with van der Waals surface area (Å²) >= 11 is 0. The number of rotatable bonds is 0. The summed E-state index contributed by atoms with van der Waals surface area (Å²) in [6, 6.07) is 0. The molecule has 0 bridgehead atoms. The predicted octanol–water partition coefficient (Wildman–Crippen LogP) is -0.334. The van der Waals surface area contributed by atoms with Gasteiger partial charge in [-0.05, 0) is 6.42 Å². The van der Waals surface area contributed by atoms with Gasteiger partial charge in [-0.15, -0.1) is 0 Å². The first-order chi connectivity index (χ1) is 1.41. The van der Waals surface area contributed by atoms with Crippen molar-refractivity contribution in [3.63, 3.8) is 0 Å². The van der Waals surface area contributed by atoms with Gasteiger partial charge in [0.15, 0.2) is 0 Å². The fourth-order valence-electron chi connectivity index (χ4n) is 0. The quantitative estimate of drug-likeness (QED) is 0.347. The third kappa shape index (κ3) is 32.6. The van der Waals surface area contributed by atoms with Crippen LogP contribution in [-0.4, -0.2) is 41.9 Å². The van der Waals surface area contributed by atoms with Crippen LogP contribution in [0.25, 0.3) is 0 Å². The monoisotopic (exact) mass is 77.1 g/mol. The van der Waals surface area contributed by atoms with Crippen molar-refractivity contribution in [2.75, 3.05) is 0 Å². The summed E-state index contributed by atoms with van der Waals surface area (Å²) in [4.78, 5) is 0. The van der Waals surface area contributed by atoms with Gasteiger partial charge in [-0.25, -0.2) is 0 Å². The van der Waals surface area contributed by atoms with Gasteiger partial charge in [0.2, 0.25) is 0 Å². The van der Waals surface area contributed by atoms with Crippen LogP contribution in [0.1, 0.15) is 13.8 Å². The molecule has 0 rings (SSSR count). The van der Waals surface area contributed by atoms with Gasteiger partial charge in [-0.1, -0.05) is 13.8 Å². The van der Waals surface area contributed by atoms with Crippen molar-refractivity contribution in [1.29, 1.82) is 0 Å². The zero-order valence-electron chi connectivity index (χ0n) is 2.58. The molecule has 0 aromatic carbocycles. The molecule has 0 spiro atoms. The van der Waals surface area contributed by atoms with E-state index in [1.807, 2.05) is 20.3 Å². The Morgan fingerprint density at radius 3 is 1.20 bits per heavy atom. The minimum atomic E-state index is 0. The first-order valence-electron chi connectivity index (χ1n) is 1.15.